The Bertz CT molecular complexity index is 581. The molecule has 0 aliphatic rings. The number of alkyl carbamates (subject to hydrolysis) is 1. The van der Waals surface area contributed by atoms with E-state index in [2.05, 4.69) is 17.1 Å². The molecule has 0 aliphatic heterocycles. The van der Waals surface area contributed by atoms with Gasteiger partial charge in [0.1, 0.15) is 12.3 Å². The van der Waals surface area contributed by atoms with Crippen LogP contribution in [0.3, 0.4) is 0 Å². The van der Waals surface area contributed by atoms with Crippen molar-refractivity contribution in [2.75, 3.05) is 46.1 Å². The number of carbonyl (C=O) groups is 1. The van der Waals surface area contributed by atoms with Crippen molar-refractivity contribution in [2.45, 2.75) is 47.1 Å². The van der Waals surface area contributed by atoms with Crippen molar-refractivity contribution >= 4 is 14.9 Å². The third-order valence-corrected chi connectivity index (χ3v) is 7.40. The molecule has 0 spiro atoms. The van der Waals surface area contributed by atoms with Gasteiger partial charge < -0.3 is 28.2 Å². The first-order valence-corrected chi connectivity index (χ1v) is 12.8. The minimum absolute atomic E-state index is 0.213. The van der Waals surface area contributed by atoms with Gasteiger partial charge in [-0.2, -0.15) is 0 Å². The van der Waals surface area contributed by atoms with Gasteiger partial charge in [0.05, 0.1) is 6.54 Å². The van der Waals surface area contributed by atoms with E-state index < -0.39 is 14.9 Å². The molecule has 0 aromatic heterocycles. The molecule has 178 valence electrons. The van der Waals surface area contributed by atoms with Crippen LogP contribution in [0.2, 0.25) is 6.04 Å². The van der Waals surface area contributed by atoms with Crippen molar-refractivity contribution < 1.29 is 22.8 Å². The highest BCUT2D eigenvalue weighted by Gasteiger charge is 2.39. The number of carbonyl (C=O) groups excluding carboxylic acids is 1. The van der Waals surface area contributed by atoms with Crippen LogP contribution in [0.1, 0.15) is 41.0 Å². The molecule has 0 heterocycles. The van der Waals surface area contributed by atoms with Gasteiger partial charge in [-0.3, -0.25) is 0 Å². The highest BCUT2D eigenvalue weighted by molar-refractivity contribution is 6.60. The maximum Gasteiger partial charge on any atom is 0.500 e. The summed E-state index contributed by atoms with van der Waals surface area (Å²) in [6.07, 6.45) is 5.12. The third-order valence-electron chi connectivity index (χ3n) is 4.25. The second-order valence-corrected chi connectivity index (χ2v) is 9.09. The van der Waals surface area contributed by atoms with Crippen LogP contribution in [0.4, 0.5) is 4.79 Å². The molecule has 0 bridgehead atoms. The van der Waals surface area contributed by atoms with Crippen LogP contribution in [0, 0.1) is 4.91 Å². The number of allylic oxidation sites excluding steroid dienone is 3. The van der Waals surface area contributed by atoms with Gasteiger partial charge in [-0.1, -0.05) is 12.7 Å². The SMILES string of the molecule is C=C(/C=C\C(=C/C)N=O)N(CC)CCOC(=O)NCCC[Si](OCC)(OCC)OCC. The summed E-state index contributed by atoms with van der Waals surface area (Å²) in [6, 6.07) is 0.627. The van der Waals surface area contributed by atoms with E-state index in [1.165, 1.54) is 0 Å². The average molecular weight is 458 g/mol. The van der Waals surface area contributed by atoms with Gasteiger partial charge >= 0.3 is 14.9 Å². The first-order chi connectivity index (χ1) is 14.9. The van der Waals surface area contributed by atoms with E-state index in [4.69, 9.17) is 18.0 Å². The van der Waals surface area contributed by atoms with Crippen molar-refractivity contribution in [2.24, 2.45) is 5.18 Å². The predicted octanol–water partition coefficient (Wildman–Crippen LogP) is 4.21. The predicted molar refractivity (Wildman–Crippen MR) is 124 cm³/mol. The summed E-state index contributed by atoms with van der Waals surface area (Å²) in [4.78, 5) is 24.5. The molecule has 0 aliphatic carbocycles. The van der Waals surface area contributed by atoms with Crippen molar-refractivity contribution in [3.05, 3.63) is 41.1 Å². The third kappa shape index (κ3) is 12.4. The lowest BCUT2D eigenvalue weighted by molar-refractivity contribution is 0.0706. The zero-order valence-electron chi connectivity index (χ0n) is 19.6. The smallest absolute Gasteiger partial charge is 0.448 e. The topological polar surface area (TPSA) is 98.7 Å². The second kappa shape index (κ2) is 17.6. The van der Waals surface area contributed by atoms with Crippen LogP contribution < -0.4 is 5.32 Å². The van der Waals surface area contributed by atoms with Crippen LogP contribution in [-0.2, 0) is 18.0 Å². The molecular formula is C21H39N3O6Si. The Kier molecular flexibility index (Phi) is 16.5. The zero-order valence-corrected chi connectivity index (χ0v) is 20.6. The number of hydrogen-bond acceptors (Lipinski definition) is 8. The Morgan fingerprint density at radius 3 is 2.19 bits per heavy atom. The number of nitroso groups, excluding NO2 is 1. The lowest BCUT2D eigenvalue weighted by Crippen LogP contribution is -2.46. The van der Waals surface area contributed by atoms with Crippen LogP contribution in [0.25, 0.3) is 0 Å². The van der Waals surface area contributed by atoms with Gasteiger partial charge in [-0.25, -0.2) is 4.79 Å². The van der Waals surface area contributed by atoms with Crippen molar-refractivity contribution in [1.29, 1.82) is 0 Å². The lowest BCUT2D eigenvalue weighted by Gasteiger charge is -2.28. The van der Waals surface area contributed by atoms with Crippen molar-refractivity contribution in [1.82, 2.24) is 10.2 Å². The highest BCUT2D eigenvalue weighted by Crippen LogP contribution is 2.17. The fourth-order valence-electron chi connectivity index (χ4n) is 2.77. The van der Waals surface area contributed by atoms with Crippen LogP contribution in [0.15, 0.2) is 41.4 Å². The Labute approximate surface area is 187 Å². The molecule has 1 N–H and O–H groups in total. The summed E-state index contributed by atoms with van der Waals surface area (Å²) in [5.74, 6) is 0. The standard InChI is InChI=1S/C21H39N3O6Si/c1-7-20(23-26)14-13-19(6)24(8-2)16-17-27-21(25)22-15-12-18-31(28-9-3,29-10-4)30-11-5/h7,13-14H,6,8-12,15-18H2,1-5H3,(H,22,25)/b14-13-,20-7+. The number of rotatable bonds is 18. The van der Waals surface area contributed by atoms with E-state index >= 15 is 0 Å². The number of nitrogens with zero attached hydrogens (tertiary/aromatic N) is 2. The second-order valence-electron chi connectivity index (χ2n) is 6.36. The van der Waals surface area contributed by atoms with E-state index in [1.807, 2.05) is 32.6 Å². The van der Waals surface area contributed by atoms with E-state index in [1.54, 1.807) is 25.2 Å². The van der Waals surface area contributed by atoms with Gasteiger partial charge in [0, 0.05) is 44.7 Å². The molecule has 0 fully saturated rings. The molecule has 0 rings (SSSR count). The van der Waals surface area contributed by atoms with Gasteiger partial charge in [0.15, 0.2) is 0 Å². The Morgan fingerprint density at radius 1 is 1.10 bits per heavy atom. The minimum atomic E-state index is -2.69. The van der Waals surface area contributed by atoms with Crippen molar-refractivity contribution in [3.63, 3.8) is 0 Å². The fraction of sp³-hybridized carbons (Fsp3) is 0.667. The van der Waals surface area contributed by atoms with Crippen LogP contribution in [0.5, 0.6) is 0 Å². The summed E-state index contributed by atoms with van der Waals surface area (Å²) in [6.45, 7) is 16.8. The first-order valence-electron chi connectivity index (χ1n) is 10.9. The number of likely N-dealkylation sites (N-methyl/N-ethyl adjacent to an activating group) is 1. The molecule has 0 aromatic carbocycles. The van der Waals surface area contributed by atoms with E-state index in [-0.39, 0.29) is 6.61 Å². The molecule has 0 radical (unpaired) electrons. The number of nitrogens with one attached hydrogen (secondary N) is 1. The minimum Gasteiger partial charge on any atom is -0.448 e. The molecule has 31 heavy (non-hydrogen) atoms. The van der Waals surface area contributed by atoms with Crippen LogP contribution in [-0.4, -0.2) is 65.9 Å². The average Bonchev–Trinajstić information content (AvgIpc) is 2.75. The molecule has 0 saturated heterocycles. The van der Waals surface area contributed by atoms with Gasteiger partial charge in [-0.05, 0) is 58.4 Å². The molecule has 10 heteroatoms. The summed E-state index contributed by atoms with van der Waals surface area (Å²) in [5.41, 5.74) is 1.04. The summed E-state index contributed by atoms with van der Waals surface area (Å²) in [5, 5.41) is 5.64. The zero-order chi connectivity index (χ0) is 23.5. The highest BCUT2D eigenvalue weighted by atomic mass is 28.4. The van der Waals surface area contributed by atoms with Crippen LogP contribution >= 0.6 is 0 Å². The molecule has 0 unspecified atom stereocenters. The monoisotopic (exact) mass is 457 g/mol. The largest absolute Gasteiger partial charge is 0.500 e. The summed E-state index contributed by atoms with van der Waals surface area (Å²) >= 11 is 0. The number of ether oxygens (including phenoxy) is 1. The quantitative estimate of drug-likeness (QED) is 0.142. The molecule has 0 aromatic rings. The Balaban J connectivity index is 4.35. The maximum atomic E-state index is 12.0. The normalized spacial score (nSPS) is 12.1. The Hall–Kier alpha value is -2.01. The lowest BCUT2D eigenvalue weighted by atomic mass is 10.3. The van der Waals surface area contributed by atoms with Crippen molar-refractivity contribution in [3.8, 4) is 0 Å². The summed E-state index contributed by atoms with van der Waals surface area (Å²) < 4.78 is 22.6. The maximum absolute atomic E-state index is 12.0. The molecule has 0 saturated carbocycles. The fourth-order valence-corrected chi connectivity index (χ4v) is 5.38. The first kappa shape index (κ1) is 29.0. The van der Waals surface area contributed by atoms with Gasteiger partial charge in [-0.15, -0.1) is 4.91 Å². The molecule has 0 atom stereocenters. The Morgan fingerprint density at radius 2 is 1.71 bits per heavy atom. The van der Waals surface area contributed by atoms with Gasteiger partial charge in [0.25, 0.3) is 0 Å². The molecular weight excluding hydrogens is 418 g/mol. The van der Waals surface area contributed by atoms with E-state index in [0.717, 1.165) is 0 Å². The van der Waals surface area contributed by atoms with E-state index in [9.17, 15) is 9.70 Å². The number of amides is 1. The van der Waals surface area contributed by atoms with E-state index in [0.29, 0.717) is 63.3 Å². The summed E-state index contributed by atoms with van der Waals surface area (Å²) in [7, 11) is -2.69. The number of hydrogen-bond donors (Lipinski definition) is 1. The molecule has 9 nitrogen and oxygen atoms in total. The van der Waals surface area contributed by atoms with Gasteiger partial charge in [0.2, 0.25) is 0 Å². The molecule has 1 amide bonds.